The molecule has 2 atom stereocenters. The summed E-state index contributed by atoms with van der Waals surface area (Å²) in [5.74, 6) is -1.25. The Hall–Kier alpha value is -4.75. The Labute approximate surface area is 236 Å². The number of carbonyl (C=O) groups excluding carboxylic acids is 2. The van der Waals surface area contributed by atoms with Gasteiger partial charge in [0.2, 0.25) is 11.9 Å². The van der Waals surface area contributed by atoms with E-state index in [4.69, 9.17) is 15.5 Å². The van der Waals surface area contributed by atoms with Crippen LogP contribution in [0.25, 0.3) is 16.8 Å². The number of anilines is 2. The maximum absolute atomic E-state index is 15.3. The number of alkyl halides is 3. The molecule has 10 nitrogen and oxygen atoms in total. The van der Waals surface area contributed by atoms with Crippen molar-refractivity contribution in [2.75, 3.05) is 24.7 Å². The summed E-state index contributed by atoms with van der Waals surface area (Å²) in [5.41, 5.74) is 6.21. The standard InChI is InChI=1S/C28H25F4N7O3/c1-42-19-10-14(27(41)36-21-11-16(8-9-34-21)28(30,31)32)3-6-18(19)23-24-25(33)35-12-20(29)39(24)26(37-23)15-2-4-17-5-7-22(40)38(17)13-15/h3,6,8-12,15,17H,2,4-5,7,13H2,1H3,(H2,33,35)(H,34,36,41). The van der Waals surface area contributed by atoms with Crippen LogP contribution in [0.15, 0.2) is 42.7 Å². The van der Waals surface area contributed by atoms with Crippen molar-refractivity contribution in [2.45, 2.75) is 43.8 Å². The van der Waals surface area contributed by atoms with Crippen molar-refractivity contribution in [3.8, 4) is 17.0 Å². The van der Waals surface area contributed by atoms with Crippen LogP contribution in [0.4, 0.5) is 29.2 Å². The predicted octanol–water partition coefficient (Wildman–Crippen LogP) is 4.66. The number of hydrogen-bond donors (Lipinski definition) is 2. The van der Waals surface area contributed by atoms with Crippen LogP contribution in [0.2, 0.25) is 0 Å². The molecule has 3 N–H and O–H groups in total. The first-order valence-electron chi connectivity index (χ1n) is 13.2. The van der Waals surface area contributed by atoms with E-state index in [1.807, 2.05) is 4.90 Å². The summed E-state index contributed by atoms with van der Waals surface area (Å²) >= 11 is 0. The third kappa shape index (κ3) is 4.76. The van der Waals surface area contributed by atoms with Gasteiger partial charge in [-0.25, -0.2) is 15.0 Å². The third-order valence-corrected chi connectivity index (χ3v) is 7.80. The second kappa shape index (κ2) is 10.3. The zero-order valence-electron chi connectivity index (χ0n) is 22.3. The number of rotatable bonds is 5. The number of carbonyl (C=O) groups is 2. The molecular formula is C28H25F4N7O3. The van der Waals surface area contributed by atoms with Crippen LogP contribution in [0.3, 0.4) is 0 Å². The number of nitrogens with one attached hydrogen (secondary N) is 1. The minimum absolute atomic E-state index is 0.0237. The van der Waals surface area contributed by atoms with Crippen LogP contribution in [0.1, 0.15) is 53.3 Å². The molecule has 0 saturated carbocycles. The Morgan fingerprint density at radius 1 is 1.14 bits per heavy atom. The summed E-state index contributed by atoms with van der Waals surface area (Å²) in [4.78, 5) is 39.7. The van der Waals surface area contributed by atoms with E-state index in [2.05, 4.69) is 15.3 Å². The quantitative estimate of drug-likeness (QED) is 0.327. The van der Waals surface area contributed by atoms with Crippen LogP contribution in [0, 0.1) is 5.95 Å². The SMILES string of the molecule is COc1cc(C(=O)Nc2cc(C(F)(F)F)ccn2)ccc1-c1nc(C2CCC3CCC(=O)N3C2)n2c(F)cnc(N)c12. The van der Waals surface area contributed by atoms with E-state index >= 15 is 4.39 Å². The van der Waals surface area contributed by atoms with Gasteiger partial charge in [-0.3, -0.25) is 14.0 Å². The van der Waals surface area contributed by atoms with Gasteiger partial charge in [0.05, 0.1) is 18.9 Å². The summed E-state index contributed by atoms with van der Waals surface area (Å²) in [6.45, 7) is 0.406. The number of nitrogens with zero attached hydrogens (tertiary/aromatic N) is 5. The molecule has 0 aliphatic carbocycles. The normalized spacial score (nSPS) is 18.8. The van der Waals surface area contributed by atoms with Crippen LogP contribution < -0.4 is 15.8 Å². The van der Waals surface area contributed by atoms with Crippen LogP contribution in [0.5, 0.6) is 5.75 Å². The number of imidazole rings is 1. The van der Waals surface area contributed by atoms with E-state index in [1.54, 1.807) is 0 Å². The van der Waals surface area contributed by atoms with Gasteiger partial charge in [-0.2, -0.15) is 17.6 Å². The van der Waals surface area contributed by atoms with Crippen LogP contribution in [-0.4, -0.2) is 55.8 Å². The highest BCUT2D eigenvalue weighted by Gasteiger charge is 2.39. The van der Waals surface area contributed by atoms with Crippen LogP contribution >= 0.6 is 0 Å². The Morgan fingerprint density at radius 3 is 2.71 bits per heavy atom. The molecular weight excluding hydrogens is 558 g/mol. The fraction of sp³-hybridized carbons (Fsp3) is 0.321. The number of halogens is 4. The third-order valence-electron chi connectivity index (χ3n) is 7.80. The van der Waals surface area contributed by atoms with E-state index in [9.17, 15) is 22.8 Å². The van der Waals surface area contributed by atoms with Gasteiger partial charge in [0.1, 0.15) is 34.4 Å². The topological polar surface area (TPSA) is 128 Å². The van der Waals surface area contributed by atoms with Crippen molar-refractivity contribution in [3.05, 3.63) is 65.6 Å². The fourth-order valence-corrected chi connectivity index (χ4v) is 5.76. The minimum Gasteiger partial charge on any atom is -0.496 e. The van der Waals surface area contributed by atoms with E-state index in [1.165, 1.54) is 29.7 Å². The molecule has 2 saturated heterocycles. The molecule has 2 aliphatic heterocycles. The first-order valence-corrected chi connectivity index (χ1v) is 13.2. The largest absolute Gasteiger partial charge is 0.496 e. The number of fused-ring (bicyclic) bond motifs is 2. The highest BCUT2D eigenvalue weighted by atomic mass is 19.4. The maximum atomic E-state index is 15.3. The monoisotopic (exact) mass is 583 g/mol. The zero-order valence-corrected chi connectivity index (χ0v) is 22.3. The lowest BCUT2D eigenvalue weighted by Gasteiger charge is -2.34. The van der Waals surface area contributed by atoms with Crippen molar-refractivity contribution in [1.82, 2.24) is 24.3 Å². The number of piperidine rings is 1. The lowest BCUT2D eigenvalue weighted by atomic mass is 9.92. The highest BCUT2D eigenvalue weighted by molar-refractivity contribution is 6.04. The average Bonchev–Trinajstić information content (AvgIpc) is 3.56. The van der Waals surface area contributed by atoms with E-state index < -0.39 is 23.6 Å². The van der Waals surface area contributed by atoms with Gasteiger partial charge in [-0.1, -0.05) is 0 Å². The van der Waals surface area contributed by atoms with Gasteiger partial charge in [0.15, 0.2) is 0 Å². The van der Waals surface area contributed by atoms with Crippen molar-refractivity contribution in [2.24, 2.45) is 0 Å². The molecule has 2 aliphatic rings. The number of benzene rings is 1. The number of amides is 2. The maximum Gasteiger partial charge on any atom is 0.416 e. The molecule has 1 aromatic carbocycles. The molecule has 2 unspecified atom stereocenters. The van der Waals surface area contributed by atoms with E-state index in [-0.39, 0.29) is 52.0 Å². The molecule has 14 heteroatoms. The Kier molecular flexibility index (Phi) is 6.70. The summed E-state index contributed by atoms with van der Waals surface area (Å²) in [7, 11) is 1.37. The van der Waals surface area contributed by atoms with E-state index in [0.29, 0.717) is 30.8 Å². The number of methoxy groups -OCH3 is 1. The Bertz CT molecular complexity index is 1720. The first kappa shape index (κ1) is 27.4. The van der Waals surface area contributed by atoms with E-state index in [0.717, 1.165) is 37.4 Å². The Balaban J connectivity index is 1.37. The summed E-state index contributed by atoms with van der Waals surface area (Å²) < 4.78 is 61.4. The molecule has 6 rings (SSSR count). The van der Waals surface area contributed by atoms with Gasteiger partial charge < -0.3 is 20.7 Å². The number of aromatic nitrogens is 4. The molecule has 0 radical (unpaired) electrons. The number of ether oxygens (including phenoxy) is 1. The molecule has 42 heavy (non-hydrogen) atoms. The van der Waals surface area contributed by atoms with Crippen molar-refractivity contribution in [1.29, 1.82) is 0 Å². The highest BCUT2D eigenvalue weighted by Crippen LogP contribution is 2.40. The van der Waals surface area contributed by atoms with Crippen LogP contribution in [-0.2, 0) is 11.0 Å². The van der Waals surface area contributed by atoms with Gasteiger partial charge in [0, 0.05) is 42.2 Å². The van der Waals surface area contributed by atoms with Gasteiger partial charge >= 0.3 is 6.18 Å². The van der Waals surface area contributed by atoms with Gasteiger partial charge in [-0.15, -0.1) is 0 Å². The predicted molar refractivity (Wildman–Crippen MR) is 143 cm³/mol. The number of nitrogens with two attached hydrogens (primary N) is 1. The average molecular weight is 584 g/mol. The van der Waals surface area contributed by atoms with Crippen molar-refractivity contribution in [3.63, 3.8) is 0 Å². The molecule has 2 fully saturated rings. The molecule has 0 spiro atoms. The number of pyridine rings is 1. The van der Waals surface area contributed by atoms with Crippen molar-refractivity contribution < 1.29 is 31.9 Å². The summed E-state index contributed by atoms with van der Waals surface area (Å²) in [5, 5.41) is 2.36. The zero-order chi connectivity index (χ0) is 29.8. The number of hydrogen-bond acceptors (Lipinski definition) is 7. The summed E-state index contributed by atoms with van der Waals surface area (Å²) in [6, 6.07) is 6.07. The first-order chi connectivity index (χ1) is 20.0. The lowest BCUT2D eigenvalue weighted by molar-refractivity contribution is -0.137. The molecule has 5 heterocycles. The summed E-state index contributed by atoms with van der Waals surface area (Å²) in [6.07, 6.45) is 0.149. The smallest absolute Gasteiger partial charge is 0.416 e. The fourth-order valence-electron chi connectivity index (χ4n) is 5.76. The molecule has 0 bridgehead atoms. The molecule has 4 aromatic rings. The number of nitrogen functional groups attached to an aromatic ring is 1. The molecule has 2 amide bonds. The Morgan fingerprint density at radius 2 is 1.95 bits per heavy atom. The molecule has 3 aromatic heterocycles. The molecule has 218 valence electrons. The second-order valence-electron chi connectivity index (χ2n) is 10.3. The minimum atomic E-state index is -4.60. The second-order valence-corrected chi connectivity index (χ2v) is 10.3. The van der Waals surface area contributed by atoms with Crippen molar-refractivity contribution >= 4 is 29.0 Å². The van der Waals surface area contributed by atoms with Gasteiger partial charge in [-0.05, 0) is 49.6 Å². The van der Waals surface area contributed by atoms with Gasteiger partial charge in [0.25, 0.3) is 5.91 Å². The lowest BCUT2D eigenvalue weighted by Crippen LogP contribution is -2.41.